The van der Waals surface area contributed by atoms with Crippen molar-refractivity contribution in [3.63, 3.8) is 0 Å². The molecule has 1 amide bonds. The minimum Gasteiger partial charge on any atom is -0.507 e. The Labute approximate surface area is 120 Å². The lowest BCUT2D eigenvalue weighted by Crippen LogP contribution is -2.15. The summed E-state index contributed by atoms with van der Waals surface area (Å²) in [5, 5.41) is 11.9. The van der Waals surface area contributed by atoms with E-state index < -0.39 is 23.2 Å². The van der Waals surface area contributed by atoms with Crippen molar-refractivity contribution in [2.24, 2.45) is 0 Å². The molecule has 0 aliphatic heterocycles. The van der Waals surface area contributed by atoms with Gasteiger partial charge in [-0.05, 0) is 30.7 Å². The first-order chi connectivity index (χ1) is 9.93. The van der Waals surface area contributed by atoms with Crippen molar-refractivity contribution in [3.8, 4) is 11.5 Å². The van der Waals surface area contributed by atoms with Gasteiger partial charge in [0.2, 0.25) is 0 Å². The molecule has 0 saturated heterocycles. The lowest BCUT2D eigenvalue weighted by molar-refractivity contribution is 0.102. The van der Waals surface area contributed by atoms with E-state index >= 15 is 0 Å². The molecule has 2 aromatic rings. The largest absolute Gasteiger partial charge is 0.507 e. The van der Waals surface area contributed by atoms with Crippen LogP contribution in [0.25, 0.3) is 0 Å². The predicted molar refractivity (Wildman–Crippen MR) is 73.7 cm³/mol. The lowest BCUT2D eigenvalue weighted by Gasteiger charge is -2.10. The lowest BCUT2D eigenvalue weighted by atomic mass is 10.1. The highest BCUT2D eigenvalue weighted by molar-refractivity contribution is 6.06. The second-order valence-corrected chi connectivity index (χ2v) is 4.39. The van der Waals surface area contributed by atoms with Gasteiger partial charge >= 0.3 is 0 Å². The maximum absolute atomic E-state index is 13.8. The molecule has 2 rings (SSSR count). The van der Waals surface area contributed by atoms with Crippen molar-refractivity contribution in [2.75, 3.05) is 12.4 Å². The molecule has 0 saturated carbocycles. The van der Waals surface area contributed by atoms with Gasteiger partial charge in [0.1, 0.15) is 23.0 Å². The smallest absolute Gasteiger partial charge is 0.259 e. The third-order valence-electron chi connectivity index (χ3n) is 2.97. The molecule has 0 atom stereocenters. The van der Waals surface area contributed by atoms with Crippen LogP contribution in [-0.2, 0) is 0 Å². The maximum atomic E-state index is 13.8. The quantitative estimate of drug-likeness (QED) is 0.913. The summed E-state index contributed by atoms with van der Waals surface area (Å²) in [5.74, 6) is -2.55. The fraction of sp³-hybridized carbons (Fsp3) is 0.133. The van der Waals surface area contributed by atoms with Crippen LogP contribution in [0.15, 0.2) is 30.3 Å². The van der Waals surface area contributed by atoms with Crippen LogP contribution in [0.1, 0.15) is 15.9 Å². The Morgan fingerprint density at radius 2 is 1.95 bits per heavy atom. The molecule has 110 valence electrons. The molecule has 0 heterocycles. The molecule has 2 N–H and O–H groups in total. The van der Waals surface area contributed by atoms with Crippen LogP contribution in [-0.4, -0.2) is 18.1 Å². The Balaban J connectivity index is 2.33. The van der Waals surface area contributed by atoms with Crippen LogP contribution in [0.4, 0.5) is 14.5 Å². The average Bonchev–Trinajstić information content (AvgIpc) is 2.47. The third-order valence-corrected chi connectivity index (χ3v) is 2.97. The van der Waals surface area contributed by atoms with Crippen LogP contribution >= 0.6 is 0 Å². The van der Waals surface area contributed by atoms with Crippen molar-refractivity contribution in [1.82, 2.24) is 0 Å². The van der Waals surface area contributed by atoms with Crippen molar-refractivity contribution >= 4 is 11.6 Å². The zero-order chi connectivity index (χ0) is 15.6. The van der Waals surface area contributed by atoms with E-state index in [0.29, 0.717) is 5.75 Å². The molecule has 0 aliphatic rings. The number of halogens is 2. The second-order valence-electron chi connectivity index (χ2n) is 4.39. The van der Waals surface area contributed by atoms with Crippen LogP contribution < -0.4 is 10.1 Å². The topological polar surface area (TPSA) is 58.6 Å². The Bertz CT molecular complexity index is 702. The summed E-state index contributed by atoms with van der Waals surface area (Å²) in [7, 11) is 1.41. The zero-order valence-corrected chi connectivity index (χ0v) is 11.4. The fourth-order valence-corrected chi connectivity index (χ4v) is 1.78. The van der Waals surface area contributed by atoms with Gasteiger partial charge in [-0.1, -0.05) is 6.07 Å². The molecular formula is C15H13F2NO3. The van der Waals surface area contributed by atoms with E-state index in [9.17, 15) is 18.7 Å². The molecule has 0 aliphatic carbocycles. The van der Waals surface area contributed by atoms with E-state index in [1.165, 1.54) is 38.3 Å². The highest BCUT2D eigenvalue weighted by Gasteiger charge is 2.17. The van der Waals surface area contributed by atoms with Gasteiger partial charge in [-0.25, -0.2) is 8.78 Å². The van der Waals surface area contributed by atoms with Gasteiger partial charge in [-0.3, -0.25) is 4.79 Å². The van der Waals surface area contributed by atoms with Gasteiger partial charge < -0.3 is 15.2 Å². The van der Waals surface area contributed by atoms with Gasteiger partial charge in [0.25, 0.3) is 5.91 Å². The van der Waals surface area contributed by atoms with Crippen LogP contribution in [0.5, 0.6) is 11.5 Å². The molecule has 0 bridgehead atoms. The maximum Gasteiger partial charge on any atom is 0.259 e. The van der Waals surface area contributed by atoms with Crippen LogP contribution in [0.3, 0.4) is 0 Å². The normalized spacial score (nSPS) is 10.3. The number of methoxy groups -OCH3 is 1. The Morgan fingerprint density at radius 1 is 1.24 bits per heavy atom. The number of nitrogens with one attached hydrogen (secondary N) is 1. The van der Waals surface area contributed by atoms with Crippen LogP contribution in [0, 0.1) is 18.6 Å². The summed E-state index contributed by atoms with van der Waals surface area (Å²) in [5.41, 5.74) is -0.461. The SMILES string of the molecule is COc1ccc(C(=O)Nc2c(F)ccc(C)c2F)c(O)c1. The van der Waals surface area contributed by atoms with E-state index in [1.54, 1.807) is 0 Å². The summed E-state index contributed by atoms with van der Waals surface area (Å²) in [4.78, 5) is 12.0. The predicted octanol–water partition coefficient (Wildman–Crippen LogP) is 3.24. The Kier molecular flexibility index (Phi) is 4.07. The van der Waals surface area contributed by atoms with Crippen molar-refractivity contribution in [1.29, 1.82) is 0 Å². The van der Waals surface area contributed by atoms with E-state index in [-0.39, 0.29) is 16.9 Å². The first-order valence-electron chi connectivity index (χ1n) is 6.07. The number of hydrogen-bond donors (Lipinski definition) is 2. The summed E-state index contributed by atoms with van der Waals surface area (Å²) in [6, 6.07) is 6.32. The molecule has 6 heteroatoms. The number of amides is 1. The molecule has 21 heavy (non-hydrogen) atoms. The van der Waals surface area contributed by atoms with Gasteiger partial charge in [-0.15, -0.1) is 0 Å². The Hall–Kier alpha value is -2.63. The van der Waals surface area contributed by atoms with E-state index in [4.69, 9.17) is 4.74 Å². The first-order valence-corrected chi connectivity index (χ1v) is 6.07. The molecule has 0 fully saturated rings. The van der Waals surface area contributed by atoms with Crippen molar-refractivity contribution in [2.45, 2.75) is 6.92 Å². The molecule has 2 aromatic carbocycles. The van der Waals surface area contributed by atoms with Gasteiger partial charge in [-0.2, -0.15) is 0 Å². The Morgan fingerprint density at radius 3 is 2.57 bits per heavy atom. The van der Waals surface area contributed by atoms with Crippen molar-refractivity contribution < 1.29 is 23.4 Å². The highest BCUT2D eigenvalue weighted by Crippen LogP contribution is 2.26. The molecule has 0 unspecified atom stereocenters. The third kappa shape index (κ3) is 2.94. The van der Waals surface area contributed by atoms with Crippen LogP contribution in [0.2, 0.25) is 0 Å². The van der Waals surface area contributed by atoms with Gasteiger partial charge in [0.15, 0.2) is 5.82 Å². The number of benzene rings is 2. The summed E-state index contributed by atoms with van der Waals surface area (Å²) < 4.78 is 32.3. The highest BCUT2D eigenvalue weighted by atomic mass is 19.1. The van der Waals surface area contributed by atoms with E-state index in [1.807, 2.05) is 0 Å². The standard InChI is InChI=1S/C15H13F2NO3/c1-8-3-6-11(16)14(13(8)17)18-15(20)10-5-4-9(21-2)7-12(10)19/h3-7,19H,1-2H3,(H,18,20). The molecule has 0 aromatic heterocycles. The molecule has 4 nitrogen and oxygen atoms in total. The number of anilines is 1. The second kappa shape index (κ2) is 5.78. The minimum absolute atomic E-state index is 0.115. The zero-order valence-electron chi connectivity index (χ0n) is 11.4. The number of phenols is 1. The number of phenolic OH excluding ortho intramolecular Hbond substituents is 1. The van der Waals surface area contributed by atoms with E-state index in [2.05, 4.69) is 5.32 Å². The van der Waals surface area contributed by atoms with Gasteiger partial charge in [0, 0.05) is 6.07 Å². The number of aromatic hydroxyl groups is 1. The number of aryl methyl sites for hydroxylation is 1. The van der Waals surface area contributed by atoms with Crippen molar-refractivity contribution in [3.05, 3.63) is 53.1 Å². The van der Waals surface area contributed by atoms with Gasteiger partial charge in [0.05, 0.1) is 12.7 Å². The number of ether oxygens (including phenoxy) is 1. The fourth-order valence-electron chi connectivity index (χ4n) is 1.78. The number of carbonyl (C=O) groups is 1. The molecular weight excluding hydrogens is 280 g/mol. The number of rotatable bonds is 3. The summed E-state index contributed by atoms with van der Waals surface area (Å²) in [6.07, 6.45) is 0. The summed E-state index contributed by atoms with van der Waals surface area (Å²) in [6.45, 7) is 1.45. The van der Waals surface area contributed by atoms with E-state index in [0.717, 1.165) is 6.07 Å². The summed E-state index contributed by atoms with van der Waals surface area (Å²) >= 11 is 0. The monoisotopic (exact) mass is 293 g/mol. The first kappa shape index (κ1) is 14.8. The minimum atomic E-state index is -0.889. The molecule has 0 radical (unpaired) electrons. The number of carbonyl (C=O) groups excluding carboxylic acids is 1. The average molecular weight is 293 g/mol. The molecule has 0 spiro atoms. The number of hydrogen-bond acceptors (Lipinski definition) is 3.